The average molecular weight is 353 g/mol. The van der Waals surface area contributed by atoms with E-state index < -0.39 is 0 Å². The Morgan fingerprint density at radius 1 is 1.23 bits per heavy atom. The number of rotatable bonds is 4. The standard InChI is InChI=1S/C20H27N5O/c1-16-14-17(8-11-21-16)23-20(26)25-12-5-7-19(9-13-25)24(2)15-18-6-3-4-10-22-18/h3-4,6,8,10-11,14,19H,5,7,9,12-13,15H2,1-2H3,(H,21,23,26)/t19-/m0/s1. The number of likely N-dealkylation sites (tertiary alicyclic amines) is 1. The summed E-state index contributed by atoms with van der Waals surface area (Å²) in [6, 6.07) is 10.2. The van der Waals surface area contributed by atoms with Gasteiger partial charge in [0.2, 0.25) is 0 Å². The van der Waals surface area contributed by atoms with Crippen LogP contribution >= 0.6 is 0 Å². The van der Waals surface area contributed by atoms with Gasteiger partial charge in [-0.2, -0.15) is 0 Å². The molecule has 1 N–H and O–H groups in total. The van der Waals surface area contributed by atoms with Gasteiger partial charge in [0.15, 0.2) is 0 Å². The number of hydrogen-bond donors (Lipinski definition) is 1. The zero-order chi connectivity index (χ0) is 18.4. The van der Waals surface area contributed by atoms with Crippen molar-refractivity contribution in [1.29, 1.82) is 0 Å². The quantitative estimate of drug-likeness (QED) is 0.916. The van der Waals surface area contributed by atoms with Crippen LogP contribution in [0.3, 0.4) is 0 Å². The lowest BCUT2D eigenvalue weighted by Crippen LogP contribution is -2.37. The molecule has 2 aromatic rings. The summed E-state index contributed by atoms with van der Waals surface area (Å²) in [5.41, 5.74) is 2.78. The maximum Gasteiger partial charge on any atom is 0.321 e. The summed E-state index contributed by atoms with van der Waals surface area (Å²) in [6.45, 7) is 4.33. The van der Waals surface area contributed by atoms with Gasteiger partial charge in [-0.3, -0.25) is 14.9 Å². The number of hydrogen-bond acceptors (Lipinski definition) is 4. The molecule has 3 rings (SSSR count). The van der Waals surface area contributed by atoms with Crippen molar-refractivity contribution in [3.8, 4) is 0 Å². The van der Waals surface area contributed by atoms with Crippen LogP contribution in [0, 0.1) is 6.92 Å². The first-order valence-corrected chi connectivity index (χ1v) is 9.20. The van der Waals surface area contributed by atoms with Crippen LogP contribution in [0.5, 0.6) is 0 Å². The highest BCUT2D eigenvalue weighted by Crippen LogP contribution is 2.18. The van der Waals surface area contributed by atoms with E-state index in [4.69, 9.17) is 0 Å². The van der Waals surface area contributed by atoms with Crippen LogP contribution in [0.4, 0.5) is 10.5 Å². The van der Waals surface area contributed by atoms with Crippen molar-refractivity contribution >= 4 is 11.7 Å². The molecule has 2 aromatic heterocycles. The first-order valence-electron chi connectivity index (χ1n) is 9.20. The van der Waals surface area contributed by atoms with E-state index in [1.54, 1.807) is 6.20 Å². The minimum absolute atomic E-state index is 0.0244. The van der Waals surface area contributed by atoms with Crippen molar-refractivity contribution in [3.63, 3.8) is 0 Å². The van der Waals surface area contributed by atoms with Crippen LogP contribution < -0.4 is 5.32 Å². The third-order valence-electron chi connectivity index (χ3n) is 4.89. The second-order valence-corrected chi connectivity index (χ2v) is 6.92. The zero-order valence-corrected chi connectivity index (χ0v) is 15.6. The second-order valence-electron chi connectivity index (χ2n) is 6.92. The van der Waals surface area contributed by atoms with Gasteiger partial charge in [0, 0.05) is 49.5 Å². The fourth-order valence-electron chi connectivity index (χ4n) is 3.42. The summed E-state index contributed by atoms with van der Waals surface area (Å²) in [4.78, 5) is 25.4. The number of anilines is 1. The van der Waals surface area contributed by atoms with E-state index in [2.05, 4.69) is 33.3 Å². The summed E-state index contributed by atoms with van der Waals surface area (Å²) >= 11 is 0. The van der Waals surface area contributed by atoms with Gasteiger partial charge in [0.05, 0.1) is 5.69 Å². The molecule has 138 valence electrons. The molecule has 2 amide bonds. The first-order chi connectivity index (χ1) is 12.6. The van der Waals surface area contributed by atoms with Gasteiger partial charge >= 0.3 is 6.03 Å². The molecule has 0 unspecified atom stereocenters. The zero-order valence-electron chi connectivity index (χ0n) is 15.6. The highest BCUT2D eigenvalue weighted by atomic mass is 16.2. The molecule has 1 aliphatic heterocycles. The Hall–Kier alpha value is -2.47. The van der Waals surface area contributed by atoms with Crippen molar-refractivity contribution in [3.05, 3.63) is 54.1 Å². The van der Waals surface area contributed by atoms with Gasteiger partial charge in [-0.1, -0.05) is 6.07 Å². The number of carbonyl (C=O) groups is 1. The molecule has 0 radical (unpaired) electrons. The lowest BCUT2D eigenvalue weighted by Gasteiger charge is -2.27. The molecule has 0 spiro atoms. The summed E-state index contributed by atoms with van der Waals surface area (Å²) in [5.74, 6) is 0. The van der Waals surface area contributed by atoms with Crippen LogP contribution in [0.25, 0.3) is 0 Å². The lowest BCUT2D eigenvalue weighted by atomic mass is 10.1. The predicted octanol–water partition coefficient (Wildman–Crippen LogP) is 3.30. The minimum Gasteiger partial charge on any atom is -0.324 e. The van der Waals surface area contributed by atoms with Crippen LogP contribution in [-0.2, 0) is 6.54 Å². The number of nitrogens with zero attached hydrogens (tertiary/aromatic N) is 4. The van der Waals surface area contributed by atoms with Crippen LogP contribution in [0.2, 0.25) is 0 Å². The molecule has 1 fully saturated rings. The summed E-state index contributed by atoms with van der Waals surface area (Å²) in [5, 5.41) is 2.99. The third-order valence-corrected chi connectivity index (χ3v) is 4.89. The number of aryl methyl sites for hydroxylation is 1. The lowest BCUT2D eigenvalue weighted by molar-refractivity contribution is 0.200. The van der Waals surface area contributed by atoms with E-state index in [0.29, 0.717) is 6.04 Å². The molecular formula is C20H27N5O. The maximum atomic E-state index is 12.6. The van der Waals surface area contributed by atoms with Gasteiger partial charge in [-0.05, 0) is 57.5 Å². The van der Waals surface area contributed by atoms with Crippen LogP contribution in [0.1, 0.15) is 30.7 Å². The monoisotopic (exact) mass is 353 g/mol. The van der Waals surface area contributed by atoms with E-state index in [-0.39, 0.29) is 6.03 Å². The Kier molecular flexibility index (Phi) is 6.17. The molecule has 0 saturated carbocycles. The Balaban J connectivity index is 1.53. The van der Waals surface area contributed by atoms with Crippen molar-refractivity contribution in [2.45, 2.75) is 38.8 Å². The number of aromatic nitrogens is 2. The number of carbonyl (C=O) groups excluding carboxylic acids is 1. The van der Waals surface area contributed by atoms with Crippen molar-refractivity contribution < 1.29 is 4.79 Å². The van der Waals surface area contributed by atoms with E-state index >= 15 is 0 Å². The maximum absolute atomic E-state index is 12.6. The Labute approximate surface area is 155 Å². The SMILES string of the molecule is Cc1cc(NC(=O)N2CCC[C@H](N(C)Cc3ccccn3)CC2)ccn1. The van der Waals surface area contributed by atoms with Crippen molar-refractivity contribution in [2.75, 3.05) is 25.5 Å². The smallest absolute Gasteiger partial charge is 0.321 e. The normalized spacial score (nSPS) is 17.8. The highest BCUT2D eigenvalue weighted by Gasteiger charge is 2.23. The van der Waals surface area contributed by atoms with E-state index in [0.717, 1.165) is 56.0 Å². The number of amides is 2. The summed E-state index contributed by atoms with van der Waals surface area (Å²) in [7, 11) is 2.15. The molecule has 1 atom stereocenters. The van der Waals surface area contributed by atoms with Gasteiger partial charge in [-0.25, -0.2) is 4.79 Å². The van der Waals surface area contributed by atoms with Gasteiger partial charge < -0.3 is 10.2 Å². The van der Waals surface area contributed by atoms with E-state index in [1.807, 2.05) is 42.3 Å². The summed E-state index contributed by atoms with van der Waals surface area (Å²) in [6.07, 6.45) is 6.65. The number of nitrogens with one attached hydrogen (secondary N) is 1. The van der Waals surface area contributed by atoms with Gasteiger partial charge in [0.25, 0.3) is 0 Å². The highest BCUT2D eigenvalue weighted by molar-refractivity contribution is 5.89. The topological polar surface area (TPSA) is 61.4 Å². The third kappa shape index (κ3) is 5.02. The predicted molar refractivity (Wildman–Crippen MR) is 103 cm³/mol. The molecule has 0 bridgehead atoms. The molecule has 6 heteroatoms. The summed E-state index contributed by atoms with van der Waals surface area (Å²) < 4.78 is 0. The molecular weight excluding hydrogens is 326 g/mol. The molecule has 1 aliphatic rings. The molecule has 0 aromatic carbocycles. The number of pyridine rings is 2. The van der Waals surface area contributed by atoms with Crippen LogP contribution in [0.15, 0.2) is 42.7 Å². The van der Waals surface area contributed by atoms with Gasteiger partial charge in [0.1, 0.15) is 0 Å². The van der Waals surface area contributed by atoms with Crippen molar-refractivity contribution in [1.82, 2.24) is 19.8 Å². The van der Waals surface area contributed by atoms with Crippen LogP contribution in [-0.4, -0.2) is 52.0 Å². The Bertz CT molecular complexity index is 721. The minimum atomic E-state index is -0.0244. The van der Waals surface area contributed by atoms with Crippen molar-refractivity contribution in [2.24, 2.45) is 0 Å². The fourth-order valence-corrected chi connectivity index (χ4v) is 3.42. The molecule has 1 saturated heterocycles. The molecule has 0 aliphatic carbocycles. The molecule has 6 nitrogen and oxygen atoms in total. The fraction of sp³-hybridized carbons (Fsp3) is 0.450. The largest absolute Gasteiger partial charge is 0.324 e. The Morgan fingerprint density at radius 2 is 2.12 bits per heavy atom. The number of urea groups is 1. The first kappa shape index (κ1) is 18.3. The van der Waals surface area contributed by atoms with E-state index in [9.17, 15) is 4.79 Å². The second kappa shape index (κ2) is 8.76. The Morgan fingerprint density at radius 3 is 2.88 bits per heavy atom. The molecule has 26 heavy (non-hydrogen) atoms. The van der Waals surface area contributed by atoms with E-state index in [1.165, 1.54) is 0 Å². The molecule has 3 heterocycles. The average Bonchev–Trinajstić information content (AvgIpc) is 2.89. The van der Waals surface area contributed by atoms with Gasteiger partial charge in [-0.15, -0.1) is 0 Å².